The number of amides is 1. The van der Waals surface area contributed by atoms with Gasteiger partial charge in [-0.25, -0.2) is 0 Å². The third-order valence-corrected chi connectivity index (χ3v) is 5.42. The fourth-order valence-electron chi connectivity index (χ4n) is 3.40. The van der Waals surface area contributed by atoms with E-state index in [1.165, 1.54) is 0 Å². The number of aryl methyl sites for hydroxylation is 1. The number of aromatic nitrogens is 2. The van der Waals surface area contributed by atoms with Crippen LogP contribution in [-0.2, 0) is 16.1 Å². The molecule has 3 rings (SSSR count). The molecule has 164 valence electrons. The van der Waals surface area contributed by atoms with Crippen molar-refractivity contribution in [2.45, 2.75) is 34.2 Å². The molecule has 1 aliphatic heterocycles. The summed E-state index contributed by atoms with van der Waals surface area (Å²) < 4.78 is 18.8. The lowest BCUT2D eigenvalue weighted by Crippen LogP contribution is -2.36. The summed E-state index contributed by atoms with van der Waals surface area (Å²) in [7, 11) is 0. The summed E-state index contributed by atoms with van der Waals surface area (Å²) in [6, 6.07) is 3.75. The minimum atomic E-state index is -0.222. The summed E-state index contributed by atoms with van der Waals surface area (Å²) in [6.45, 7) is 11.4. The Hall–Kier alpha value is -2.45. The molecule has 0 unspecified atom stereocenters. The molecule has 1 N–H and O–H groups in total. The predicted molar refractivity (Wildman–Crippen MR) is 117 cm³/mol. The van der Waals surface area contributed by atoms with Gasteiger partial charge >= 0.3 is 0 Å². The number of halogens is 1. The van der Waals surface area contributed by atoms with Gasteiger partial charge in [-0.15, -0.1) is 0 Å². The lowest BCUT2D eigenvalue weighted by Gasteiger charge is -2.31. The number of rotatable bonds is 8. The molecule has 1 fully saturated rings. The molecule has 0 bridgehead atoms. The van der Waals surface area contributed by atoms with Crippen LogP contribution < -0.4 is 19.7 Å². The molecular formula is C21H29ClN4O4. The first-order valence-corrected chi connectivity index (χ1v) is 10.6. The SMILES string of the molecule is CCOc1cc(N2CCOCC2)c(OCC)cc1NC(=O)Cn1nc(C)c(Cl)c1C. The van der Waals surface area contributed by atoms with Crippen LogP contribution in [0.4, 0.5) is 11.4 Å². The Morgan fingerprint density at radius 3 is 2.43 bits per heavy atom. The van der Waals surface area contributed by atoms with Gasteiger partial charge in [-0.05, 0) is 27.7 Å². The van der Waals surface area contributed by atoms with Crippen molar-refractivity contribution < 1.29 is 19.0 Å². The molecule has 1 saturated heterocycles. The summed E-state index contributed by atoms with van der Waals surface area (Å²) in [5.74, 6) is 1.08. The summed E-state index contributed by atoms with van der Waals surface area (Å²) in [5.41, 5.74) is 2.96. The normalized spacial score (nSPS) is 14.0. The van der Waals surface area contributed by atoms with Gasteiger partial charge in [-0.1, -0.05) is 11.6 Å². The van der Waals surface area contributed by atoms with Crippen LogP contribution in [0.5, 0.6) is 11.5 Å². The molecule has 30 heavy (non-hydrogen) atoms. The highest BCUT2D eigenvalue weighted by molar-refractivity contribution is 6.31. The topological polar surface area (TPSA) is 77.9 Å². The zero-order chi connectivity index (χ0) is 21.7. The van der Waals surface area contributed by atoms with Crippen LogP contribution in [0.2, 0.25) is 5.02 Å². The summed E-state index contributed by atoms with van der Waals surface area (Å²) in [6.07, 6.45) is 0. The number of carbonyl (C=O) groups excluding carboxylic acids is 1. The van der Waals surface area contributed by atoms with Gasteiger partial charge in [0.05, 0.1) is 54.2 Å². The zero-order valence-electron chi connectivity index (χ0n) is 18.0. The van der Waals surface area contributed by atoms with Crippen molar-refractivity contribution in [3.05, 3.63) is 28.5 Å². The molecule has 1 aliphatic rings. The maximum atomic E-state index is 12.7. The van der Waals surface area contributed by atoms with Gasteiger partial charge < -0.3 is 24.4 Å². The Kier molecular flexibility index (Phi) is 7.44. The number of benzene rings is 1. The number of hydrogen-bond acceptors (Lipinski definition) is 6. The monoisotopic (exact) mass is 436 g/mol. The number of anilines is 2. The summed E-state index contributed by atoms with van der Waals surface area (Å²) >= 11 is 6.19. The number of nitrogens with zero attached hydrogens (tertiary/aromatic N) is 3. The van der Waals surface area contributed by atoms with E-state index in [1.54, 1.807) is 4.68 Å². The highest BCUT2D eigenvalue weighted by Gasteiger charge is 2.21. The minimum absolute atomic E-state index is 0.0557. The first-order chi connectivity index (χ1) is 14.4. The average molecular weight is 437 g/mol. The molecule has 8 nitrogen and oxygen atoms in total. The standard InChI is InChI=1S/C21H29ClN4O4/c1-5-29-18-12-17(25-7-9-28-10-8-25)19(30-6-2)11-16(18)23-20(27)13-26-15(4)21(22)14(3)24-26/h11-12H,5-10,13H2,1-4H3,(H,23,27). The predicted octanol–water partition coefficient (Wildman–Crippen LogP) is 3.43. The van der Waals surface area contributed by atoms with Crippen LogP contribution in [0, 0.1) is 13.8 Å². The molecule has 9 heteroatoms. The van der Waals surface area contributed by atoms with E-state index in [-0.39, 0.29) is 12.5 Å². The van der Waals surface area contributed by atoms with Crippen molar-refractivity contribution in [2.24, 2.45) is 0 Å². The number of morpholine rings is 1. The van der Waals surface area contributed by atoms with Gasteiger partial charge in [0.25, 0.3) is 0 Å². The van der Waals surface area contributed by atoms with Crippen molar-refractivity contribution >= 4 is 28.9 Å². The third kappa shape index (κ3) is 4.99. The van der Waals surface area contributed by atoms with Gasteiger partial charge in [0.2, 0.25) is 5.91 Å². The Bertz CT molecular complexity index is 894. The lowest BCUT2D eigenvalue weighted by molar-refractivity contribution is -0.117. The number of carbonyl (C=O) groups is 1. The number of ether oxygens (including phenoxy) is 3. The second kappa shape index (κ2) is 10.0. The van der Waals surface area contributed by atoms with E-state index in [9.17, 15) is 4.79 Å². The smallest absolute Gasteiger partial charge is 0.246 e. The molecule has 1 aromatic heterocycles. The minimum Gasteiger partial charge on any atom is -0.492 e. The molecule has 0 atom stereocenters. The van der Waals surface area contributed by atoms with Crippen LogP contribution in [0.1, 0.15) is 25.2 Å². The molecular weight excluding hydrogens is 408 g/mol. The Labute approximate surface area is 182 Å². The second-order valence-corrected chi connectivity index (χ2v) is 7.35. The van der Waals surface area contributed by atoms with Crippen molar-refractivity contribution in [3.63, 3.8) is 0 Å². The van der Waals surface area contributed by atoms with Gasteiger partial charge in [-0.3, -0.25) is 9.48 Å². The lowest BCUT2D eigenvalue weighted by atomic mass is 10.2. The van der Waals surface area contributed by atoms with Crippen LogP contribution in [0.3, 0.4) is 0 Å². The molecule has 1 amide bonds. The van der Waals surface area contributed by atoms with E-state index in [0.717, 1.165) is 24.5 Å². The molecule has 1 aromatic carbocycles. The number of hydrogen-bond donors (Lipinski definition) is 1. The first kappa shape index (κ1) is 22.2. The maximum Gasteiger partial charge on any atom is 0.246 e. The molecule has 0 radical (unpaired) electrons. The van der Waals surface area contributed by atoms with E-state index >= 15 is 0 Å². The summed E-state index contributed by atoms with van der Waals surface area (Å²) in [4.78, 5) is 14.9. The third-order valence-electron chi connectivity index (χ3n) is 4.87. The highest BCUT2D eigenvalue weighted by Crippen LogP contribution is 2.39. The van der Waals surface area contributed by atoms with E-state index in [1.807, 2.05) is 39.8 Å². The van der Waals surface area contributed by atoms with Crippen LogP contribution in [0.15, 0.2) is 12.1 Å². The van der Waals surface area contributed by atoms with Gasteiger partial charge in [0.1, 0.15) is 18.0 Å². The molecule has 0 aliphatic carbocycles. The molecule has 2 heterocycles. The van der Waals surface area contributed by atoms with E-state index in [4.69, 9.17) is 25.8 Å². The Morgan fingerprint density at radius 2 is 1.83 bits per heavy atom. The maximum absolute atomic E-state index is 12.7. The van der Waals surface area contributed by atoms with E-state index < -0.39 is 0 Å². The quantitative estimate of drug-likeness (QED) is 0.683. The fourth-order valence-corrected chi connectivity index (χ4v) is 3.53. The second-order valence-electron chi connectivity index (χ2n) is 6.97. The van der Waals surface area contributed by atoms with Crippen LogP contribution in [-0.4, -0.2) is 55.2 Å². The largest absolute Gasteiger partial charge is 0.492 e. The van der Waals surface area contributed by atoms with E-state index in [2.05, 4.69) is 15.3 Å². The Balaban J connectivity index is 1.87. The fraction of sp³-hybridized carbons (Fsp3) is 0.524. The zero-order valence-corrected chi connectivity index (χ0v) is 18.7. The summed E-state index contributed by atoms with van der Waals surface area (Å²) in [5, 5.41) is 7.83. The highest BCUT2D eigenvalue weighted by atomic mass is 35.5. The van der Waals surface area contributed by atoms with Crippen molar-refractivity contribution in [1.29, 1.82) is 0 Å². The van der Waals surface area contributed by atoms with Gasteiger partial charge in [0, 0.05) is 25.2 Å². The van der Waals surface area contributed by atoms with Crippen molar-refractivity contribution in [1.82, 2.24) is 9.78 Å². The first-order valence-electron chi connectivity index (χ1n) is 10.2. The van der Waals surface area contributed by atoms with Gasteiger partial charge in [-0.2, -0.15) is 5.10 Å². The number of nitrogens with one attached hydrogen (secondary N) is 1. The Morgan fingerprint density at radius 1 is 1.17 bits per heavy atom. The van der Waals surface area contributed by atoms with E-state index in [0.29, 0.717) is 54.3 Å². The van der Waals surface area contributed by atoms with Crippen LogP contribution in [0.25, 0.3) is 0 Å². The molecule has 0 spiro atoms. The average Bonchev–Trinajstić information content (AvgIpc) is 2.97. The van der Waals surface area contributed by atoms with Crippen molar-refractivity contribution in [3.8, 4) is 11.5 Å². The van der Waals surface area contributed by atoms with Gasteiger partial charge in [0.15, 0.2) is 0 Å². The van der Waals surface area contributed by atoms with Crippen molar-refractivity contribution in [2.75, 3.05) is 49.7 Å². The van der Waals surface area contributed by atoms with Crippen LogP contribution >= 0.6 is 11.6 Å². The molecule has 0 saturated carbocycles. The molecule has 2 aromatic rings.